The van der Waals surface area contributed by atoms with Gasteiger partial charge in [-0.15, -0.1) is 0 Å². The van der Waals surface area contributed by atoms with Crippen LogP contribution in [-0.2, 0) is 22.7 Å². The number of nitrogens with one attached hydrogen (secondary N) is 1. The molecule has 2 amide bonds. The predicted molar refractivity (Wildman–Crippen MR) is 92.3 cm³/mol. The van der Waals surface area contributed by atoms with E-state index in [1.807, 2.05) is 12.3 Å². The molecule has 0 radical (unpaired) electrons. The third-order valence-corrected chi connectivity index (χ3v) is 5.17. The number of carbonyl (C=O) groups is 2. The Hall–Kier alpha value is -2.70. The first-order chi connectivity index (χ1) is 12.5. The van der Waals surface area contributed by atoms with Gasteiger partial charge in [0, 0.05) is 31.9 Å². The molecule has 0 bridgehead atoms. The Kier molecular flexibility index (Phi) is 4.22. The first-order valence-corrected chi connectivity index (χ1v) is 8.85. The fourth-order valence-electron chi connectivity index (χ4n) is 3.53. The minimum atomic E-state index is -0.398. The van der Waals surface area contributed by atoms with Crippen molar-refractivity contribution in [2.75, 3.05) is 6.54 Å². The number of hydrogen-bond acceptors (Lipinski definition) is 3. The number of amides is 2. The van der Waals surface area contributed by atoms with Crippen LogP contribution < -0.4 is 5.32 Å². The van der Waals surface area contributed by atoms with Gasteiger partial charge in [0.25, 0.3) is 0 Å². The summed E-state index contributed by atoms with van der Waals surface area (Å²) in [5.74, 6) is -0.330. The molecule has 2 aliphatic rings. The average Bonchev–Trinajstić information content (AvgIpc) is 3.04. The lowest BCUT2D eigenvalue weighted by molar-refractivity contribution is -0.128. The highest BCUT2D eigenvalue weighted by atomic mass is 19.1. The SMILES string of the molecule is O=C1CC(NC(=O)C2(Cn3cccn3)CC2)CN1Cc1cccc(F)c1. The van der Waals surface area contributed by atoms with E-state index in [0.717, 1.165) is 18.4 Å². The van der Waals surface area contributed by atoms with E-state index in [-0.39, 0.29) is 23.7 Å². The zero-order chi connectivity index (χ0) is 18.1. The van der Waals surface area contributed by atoms with Gasteiger partial charge in [-0.25, -0.2) is 4.39 Å². The average molecular weight is 356 g/mol. The summed E-state index contributed by atoms with van der Waals surface area (Å²) < 4.78 is 15.1. The minimum Gasteiger partial charge on any atom is -0.351 e. The van der Waals surface area contributed by atoms with Crippen molar-refractivity contribution in [3.05, 3.63) is 54.1 Å². The number of benzene rings is 1. The van der Waals surface area contributed by atoms with Crippen molar-refractivity contribution in [2.24, 2.45) is 5.41 Å². The van der Waals surface area contributed by atoms with Crippen LogP contribution in [0.5, 0.6) is 0 Å². The van der Waals surface area contributed by atoms with Crippen molar-refractivity contribution in [3.63, 3.8) is 0 Å². The molecule has 0 spiro atoms. The molecule has 1 saturated heterocycles. The highest BCUT2D eigenvalue weighted by Gasteiger charge is 2.51. The fourth-order valence-corrected chi connectivity index (χ4v) is 3.53. The number of rotatable bonds is 6. The maximum absolute atomic E-state index is 13.3. The number of nitrogens with zero attached hydrogens (tertiary/aromatic N) is 3. The summed E-state index contributed by atoms with van der Waals surface area (Å²) in [6.45, 7) is 1.39. The van der Waals surface area contributed by atoms with Crippen molar-refractivity contribution in [2.45, 2.75) is 38.4 Å². The summed E-state index contributed by atoms with van der Waals surface area (Å²) in [6, 6.07) is 7.89. The summed E-state index contributed by atoms with van der Waals surface area (Å²) in [7, 11) is 0. The van der Waals surface area contributed by atoms with E-state index in [0.29, 0.717) is 26.1 Å². The highest BCUT2D eigenvalue weighted by Crippen LogP contribution is 2.47. The molecular weight excluding hydrogens is 335 g/mol. The van der Waals surface area contributed by atoms with Crippen molar-refractivity contribution in [1.82, 2.24) is 20.0 Å². The number of halogens is 1. The van der Waals surface area contributed by atoms with Crippen LogP contribution in [-0.4, -0.2) is 39.1 Å². The maximum Gasteiger partial charge on any atom is 0.228 e. The molecule has 1 saturated carbocycles. The zero-order valence-corrected chi connectivity index (χ0v) is 14.4. The van der Waals surface area contributed by atoms with E-state index in [1.54, 1.807) is 27.9 Å². The Bertz CT molecular complexity index is 817. The van der Waals surface area contributed by atoms with Gasteiger partial charge in [0.1, 0.15) is 5.82 Å². The topological polar surface area (TPSA) is 67.2 Å². The van der Waals surface area contributed by atoms with Gasteiger partial charge in [-0.05, 0) is 36.6 Å². The molecule has 6 nitrogen and oxygen atoms in total. The molecule has 1 aromatic heterocycles. The summed E-state index contributed by atoms with van der Waals surface area (Å²) in [4.78, 5) is 26.6. The lowest BCUT2D eigenvalue weighted by Gasteiger charge is -2.20. The second kappa shape index (κ2) is 6.55. The molecular formula is C19H21FN4O2. The van der Waals surface area contributed by atoms with E-state index in [4.69, 9.17) is 0 Å². The summed E-state index contributed by atoms with van der Waals surface area (Å²) in [6.07, 6.45) is 5.53. The van der Waals surface area contributed by atoms with Crippen LogP contribution in [0, 0.1) is 11.2 Å². The van der Waals surface area contributed by atoms with Crippen LogP contribution >= 0.6 is 0 Å². The molecule has 4 rings (SSSR count). The largest absolute Gasteiger partial charge is 0.351 e. The quantitative estimate of drug-likeness (QED) is 0.857. The Labute approximate surface area is 151 Å². The molecule has 1 aliphatic heterocycles. The number of hydrogen-bond donors (Lipinski definition) is 1. The van der Waals surface area contributed by atoms with Crippen molar-refractivity contribution < 1.29 is 14.0 Å². The van der Waals surface area contributed by atoms with Gasteiger partial charge in [0.15, 0.2) is 0 Å². The zero-order valence-electron chi connectivity index (χ0n) is 14.4. The van der Waals surface area contributed by atoms with Crippen LogP contribution in [0.2, 0.25) is 0 Å². The standard InChI is InChI=1S/C19H21FN4O2/c20-15-4-1-3-14(9-15)11-23-12-16(10-17(23)25)22-18(26)19(5-6-19)13-24-8-2-7-21-24/h1-4,7-9,16H,5-6,10-13H2,(H,22,26). The Balaban J connectivity index is 1.34. The normalized spacial score (nSPS) is 21.0. The highest BCUT2D eigenvalue weighted by molar-refractivity contribution is 5.87. The predicted octanol–water partition coefficient (Wildman–Crippen LogP) is 1.72. The molecule has 1 aromatic carbocycles. The minimum absolute atomic E-state index is 0.00148. The van der Waals surface area contributed by atoms with Crippen LogP contribution in [0.25, 0.3) is 0 Å². The van der Waals surface area contributed by atoms with Crippen LogP contribution in [0.3, 0.4) is 0 Å². The molecule has 7 heteroatoms. The van der Waals surface area contributed by atoms with Gasteiger partial charge >= 0.3 is 0 Å². The molecule has 26 heavy (non-hydrogen) atoms. The van der Waals surface area contributed by atoms with E-state index in [2.05, 4.69) is 10.4 Å². The second-order valence-corrected chi connectivity index (χ2v) is 7.26. The van der Waals surface area contributed by atoms with Gasteiger partial charge in [-0.2, -0.15) is 5.10 Å². The molecule has 1 atom stereocenters. The van der Waals surface area contributed by atoms with E-state index < -0.39 is 5.41 Å². The smallest absolute Gasteiger partial charge is 0.228 e. The molecule has 2 heterocycles. The summed E-state index contributed by atoms with van der Waals surface area (Å²) in [5, 5.41) is 7.21. The molecule has 2 fully saturated rings. The molecule has 136 valence electrons. The van der Waals surface area contributed by atoms with Gasteiger partial charge in [-0.3, -0.25) is 14.3 Å². The molecule has 1 N–H and O–H groups in total. The van der Waals surface area contributed by atoms with E-state index in [9.17, 15) is 14.0 Å². The monoisotopic (exact) mass is 356 g/mol. The second-order valence-electron chi connectivity index (χ2n) is 7.26. The Morgan fingerprint density at radius 3 is 2.88 bits per heavy atom. The van der Waals surface area contributed by atoms with E-state index in [1.165, 1.54) is 12.1 Å². The van der Waals surface area contributed by atoms with Crippen LogP contribution in [0.1, 0.15) is 24.8 Å². The summed E-state index contributed by atoms with van der Waals surface area (Å²) in [5.41, 5.74) is 0.355. The van der Waals surface area contributed by atoms with Crippen molar-refractivity contribution in [1.29, 1.82) is 0 Å². The van der Waals surface area contributed by atoms with Gasteiger partial charge in [-0.1, -0.05) is 12.1 Å². The van der Waals surface area contributed by atoms with E-state index >= 15 is 0 Å². The summed E-state index contributed by atoms with van der Waals surface area (Å²) >= 11 is 0. The maximum atomic E-state index is 13.3. The lowest BCUT2D eigenvalue weighted by atomic mass is 10.1. The van der Waals surface area contributed by atoms with Gasteiger partial charge in [0.05, 0.1) is 18.0 Å². The van der Waals surface area contributed by atoms with Crippen molar-refractivity contribution in [3.8, 4) is 0 Å². The third-order valence-electron chi connectivity index (χ3n) is 5.17. The Morgan fingerprint density at radius 1 is 1.35 bits per heavy atom. The molecule has 1 unspecified atom stereocenters. The number of carbonyl (C=O) groups excluding carboxylic acids is 2. The molecule has 2 aromatic rings. The van der Waals surface area contributed by atoms with Crippen LogP contribution in [0.15, 0.2) is 42.7 Å². The first kappa shape index (κ1) is 16.8. The Morgan fingerprint density at radius 2 is 2.19 bits per heavy atom. The third kappa shape index (κ3) is 3.47. The lowest BCUT2D eigenvalue weighted by Crippen LogP contribution is -2.42. The van der Waals surface area contributed by atoms with Gasteiger partial charge in [0.2, 0.25) is 11.8 Å². The first-order valence-electron chi connectivity index (χ1n) is 8.85. The van der Waals surface area contributed by atoms with Gasteiger partial charge < -0.3 is 10.2 Å². The number of likely N-dealkylation sites (tertiary alicyclic amines) is 1. The fraction of sp³-hybridized carbons (Fsp3) is 0.421. The number of aromatic nitrogens is 2. The molecule has 1 aliphatic carbocycles. The van der Waals surface area contributed by atoms with Crippen molar-refractivity contribution >= 4 is 11.8 Å². The van der Waals surface area contributed by atoms with Crippen LogP contribution in [0.4, 0.5) is 4.39 Å².